The molecule has 3 aromatic carbocycles. The van der Waals surface area contributed by atoms with Gasteiger partial charge in [-0.1, -0.05) is 24.3 Å². The van der Waals surface area contributed by atoms with Gasteiger partial charge in [-0.25, -0.2) is 0 Å². The van der Waals surface area contributed by atoms with E-state index in [1.165, 1.54) is 16.3 Å². The Bertz CT molecular complexity index is 1120. The van der Waals surface area contributed by atoms with Crippen LogP contribution >= 0.6 is 0 Å². The summed E-state index contributed by atoms with van der Waals surface area (Å²) in [7, 11) is 5.78. The van der Waals surface area contributed by atoms with Crippen LogP contribution in [0.25, 0.3) is 10.8 Å². The van der Waals surface area contributed by atoms with Gasteiger partial charge in [-0.05, 0) is 86.1 Å². The van der Waals surface area contributed by atoms with Gasteiger partial charge in [-0.2, -0.15) is 0 Å². The van der Waals surface area contributed by atoms with Crippen molar-refractivity contribution >= 4 is 16.7 Å². The van der Waals surface area contributed by atoms with E-state index in [0.29, 0.717) is 11.3 Å². The minimum atomic E-state index is -0.0309. The molecule has 0 unspecified atom stereocenters. The molecule has 0 bridgehead atoms. The summed E-state index contributed by atoms with van der Waals surface area (Å²) in [6.45, 7) is 4.61. The lowest BCUT2D eigenvalue weighted by molar-refractivity contribution is 0.0908. The van der Waals surface area contributed by atoms with Crippen molar-refractivity contribution in [2.45, 2.75) is 31.8 Å². The fourth-order valence-corrected chi connectivity index (χ4v) is 4.56. The molecule has 1 aliphatic heterocycles. The number of benzene rings is 3. The quantitative estimate of drug-likeness (QED) is 0.435. The summed E-state index contributed by atoms with van der Waals surface area (Å²) >= 11 is 0. The fourth-order valence-electron chi connectivity index (χ4n) is 4.56. The van der Waals surface area contributed by atoms with Crippen LogP contribution < -0.4 is 14.8 Å². The van der Waals surface area contributed by atoms with Crippen LogP contribution in [0.4, 0.5) is 0 Å². The molecule has 1 aliphatic rings. The Morgan fingerprint density at radius 2 is 1.80 bits per heavy atom. The van der Waals surface area contributed by atoms with Crippen LogP contribution in [-0.2, 0) is 6.54 Å². The van der Waals surface area contributed by atoms with Gasteiger partial charge in [0.1, 0.15) is 11.5 Å². The number of likely N-dealkylation sites (tertiary alicyclic amines) is 1. The second-order valence-corrected chi connectivity index (χ2v) is 9.60. The van der Waals surface area contributed by atoms with Crippen LogP contribution in [0.2, 0.25) is 0 Å². The van der Waals surface area contributed by atoms with E-state index >= 15 is 0 Å². The molecule has 1 fully saturated rings. The van der Waals surface area contributed by atoms with Crippen molar-refractivity contribution in [3.8, 4) is 11.5 Å². The van der Waals surface area contributed by atoms with Gasteiger partial charge < -0.3 is 19.7 Å². The zero-order valence-electron chi connectivity index (χ0n) is 21.1. The number of hydrogen-bond donors (Lipinski definition) is 1. The van der Waals surface area contributed by atoms with E-state index in [1.54, 1.807) is 13.2 Å². The lowest BCUT2D eigenvalue weighted by Gasteiger charge is -2.32. The normalized spacial score (nSPS) is 14.9. The number of carbonyl (C=O) groups is 1. The van der Waals surface area contributed by atoms with Crippen LogP contribution in [0.1, 0.15) is 35.2 Å². The molecule has 0 radical (unpaired) electrons. The zero-order valence-corrected chi connectivity index (χ0v) is 21.1. The van der Waals surface area contributed by atoms with Crippen molar-refractivity contribution in [3.63, 3.8) is 0 Å². The maximum absolute atomic E-state index is 12.6. The molecule has 186 valence electrons. The van der Waals surface area contributed by atoms with Crippen molar-refractivity contribution in [2.24, 2.45) is 0 Å². The topological polar surface area (TPSA) is 54.0 Å². The Hall–Kier alpha value is -3.09. The fraction of sp³-hybridized carbons (Fsp3) is 0.414. The summed E-state index contributed by atoms with van der Waals surface area (Å²) in [5.41, 5.74) is 1.95. The second-order valence-electron chi connectivity index (χ2n) is 9.60. The number of nitrogens with one attached hydrogen (secondary N) is 1. The van der Waals surface area contributed by atoms with E-state index in [4.69, 9.17) is 9.47 Å². The molecule has 1 amide bonds. The van der Waals surface area contributed by atoms with Gasteiger partial charge in [-0.15, -0.1) is 0 Å². The summed E-state index contributed by atoms with van der Waals surface area (Å²) in [5, 5.41) is 5.64. The Balaban J connectivity index is 1.28. The highest BCUT2D eigenvalue weighted by Gasteiger charge is 2.21. The molecule has 1 N–H and O–H groups in total. The predicted molar refractivity (Wildman–Crippen MR) is 141 cm³/mol. The molecule has 4 rings (SSSR count). The average Bonchev–Trinajstić information content (AvgIpc) is 2.87. The van der Waals surface area contributed by atoms with Gasteiger partial charge in [0, 0.05) is 37.8 Å². The molecular formula is C29H37N3O3. The average molecular weight is 476 g/mol. The number of rotatable bonds is 10. The third-order valence-corrected chi connectivity index (χ3v) is 6.56. The zero-order chi connectivity index (χ0) is 24.6. The lowest BCUT2D eigenvalue weighted by atomic mass is 10.0. The molecule has 0 spiro atoms. The number of piperidine rings is 1. The summed E-state index contributed by atoms with van der Waals surface area (Å²) in [6.07, 6.45) is 2.92. The van der Waals surface area contributed by atoms with Gasteiger partial charge >= 0.3 is 0 Å². The van der Waals surface area contributed by atoms with E-state index in [2.05, 4.69) is 65.6 Å². The highest BCUT2D eigenvalue weighted by atomic mass is 16.5. The Morgan fingerprint density at radius 3 is 2.57 bits per heavy atom. The molecule has 0 aliphatic carbocycles. The van der Waals surface area contributed by atoms with Gasteiger partial charge in [0.05, 0.1) is 13.7 Å². The first-order valence-electron chi connectivity index (χ1n) is 12.5. The minimum Gasteiger partial charge on any atom is -0.497 e. The Labute approximate surface area is 208 Å². The standard InChI is InChI=1S/C29H37N3O3/c1-31(2)14-5-17-35-28-11-10-23-9-8-22(18-25(23)20-28)21-32-15-12-26(13-16-32)30-29(33)24-6-4-7-27(19-24)34-3/h4,6-11,18-20,26H,5,12-17,21H2,1-3H3,(H,30,33). The number of fused-ring (bicyclic) bond motifs is 1. The number of amides is 1. The van der Waals surface area contributed by atoms with Crippen molar-refractivity contribution in [1.82, 2.24) is 15.1 Å². The highest BCUT2D eigenvalue weighted by Crippen LogP contribution is 2.24. The molecule has 35 heavy (non-hydrogen) atoms. The van der Waals surface area contributed by atoms with Crippen molar-refractivity contribution in [2.75, 3.05) is 47.4 Å². The largest absolute Gasteiger partial charge is 0.497 e. The summed E-state index contributed by atoms with van der Waals surface area (Å²) in [4.78, 5) is 17.3. The van der Waals surface area contributed by atoms with Crippen LogP contribution in [0.15, 0.2) is 60.7 Å². The summed E-state index contributed by atoms with van der Waals surface area (Å²) in [5.74, 6) is 1.60. The number of methoxy groups -OCH3 is 1. The molecule has 0 atom stereocenters. The van der Waals surface area contributed by atoms with Crippen molar-refractivity contribution in [1.29, 1.82) is 0 Å². The van der Waals surface area contributed by atoms with Gasteiger partial charge in [0.15, 0.2) is 0 Å². The van der Waals surface area contributed by atoms with E-state index < -0.39 is 0 Å². The third-order valence-electron chi connectivity index (χ3n) is 6.56. The van der Waals surface area contributed by atoms with Gasteiger partial charge in [0.2, 0.25) is 0 Å². The van der Waals surface area contributed by atoms with Crippen LogP contribution in [-0.4, -0.2) is 69.2 Å². The molecule has 0 aromatic heterocycles. The molecule has 6 nitrogen and oxygen atoms in total. The summed E-state index contributed by atoms with van der Waals surface area (Å²) < 4.78 is 11.2. The van der Waals surface area contributed by atoms with E-state index in [0.717, 1.165) is 57.8 Å². The van der Waals surface area contributed by atoms with Crippen LogP contribution in [0.5, 0.6) is 11.5 Å². The van der Waals surface area contributed by atoms with E-state index in [9.17, 15) is 4.79 Å². The highest BCUT2D eigenvalue weighted by molar-refractivity contribution is 5.94. The van der Waals surface area contributed by atoms with Crippen LogP contribution in [0.3, 0.4) is 0 Å². The monoisotopic (exact) mass is 475 g/mol. The lowest BCUT2D eigenvalue weighted by Crippen LogP contribution is -2.44. The first kappa shape index (κ1) is 25.0. The predicted octanol–water partition coefficient (Wildman–Crippen LogP) is 4.57. The maximum Gasteiger partial charge on any atom is 0.251 e. The van der Waals surface area contributed by atoms with Crippen LogP contribution in [0, 0.1) is 0 Å². The molecular weight excluding hydrogens is 438 g/mol. The first-order chi connectivity index (χ1) is 17.0. The minimum absolute atomic E-state index is 0.0309. The smallest absolute Gasteiger partial charge is 0.251 e. The number of nitrogens with zero attached hydrogens (tertiary/aromatic N) is 2. The first-order valence-corrected chi connectivity index (χ1v) is 12.5. The molecule has 1 saturated heterocycles. The molecule has 0 saturated carbocycles. The number of hydrogen-bond acceptors (Lipinski definition) is 5. The second kappa shape index (κ2) is 12.0. The third kappa shape index (κ3) is 7.20. The number of ether oxygens (including phenoxy) is 2. The maximum atomic E-state index is 12.6. The van der Waals surface area contributed by atoms with E-state index in [1.807, 2.05) is 18.2 Å². The molecule has 3 aromatic rings. The van der Waals surface area contributed by atoms with E-state index in [-0.39, 0.29) is 11.9 Å². The van der Waals surface area contributed by atoms with Crippen molar-refractivity contribution < 1.29 is 14.3 Å². The van der Waals surface area contributed by atoms with Crippen molar-refractivity contribution in [3.05, 3.63) is 71.8 Å². The number of carbonyl (C=O) groups excluding carboxylic acids is 1. The van der Waals surface area contributed by atoms with Gasteiger partial charge in [0.25, 0.3) is 5.91 Å². The summed E-state index contributed by atoms with van der Waals surface area (Å²) in [6, 6.07) is 20.5. The SMILES string of the molecule is COc1cccc(C(=O)NC2CCN(Cc3ccc4ccc(OCCCN(C)C)cc4c3)CC2)c1. The Kier molecular flexibility index (Phi) is 8.61. The Morgan fingerprint density at radius 1 is 1.00 bits per heavy atom. The molecule has 1 heterocycles. The van der Waals surface area contributed by atoms with Gasteiger partial charge in [-0.3, -0.25) is 9.69 Å². The molecule has 6 heteroatoms.